The summed E-state index contributed by atoms with van der Waals surface area (Å²) in [4.78, 5) is 17.1. The highest BCUT2D eigenvalue weighted by Crippen LogP contribution is 2.42. The first kappa shape index (κ1) is 19.9. The molecule has 0 saturated carbocycles. The number of sulfone groups is 1. The van der Waals surface area contributed by atoms with Crippen molar-refractivity contribution in [3.05, 3.63) is 23.8 Å². The summed E-state index contributed by atoms with van der Waals surface area (Å²) in [6.45, 7) is 5.07. The maximum absolute atomic E-state index is 12.6. The highest BCUT2D eigenvalue weighted by atomic mass is 80.0. The predicted octanol–water partition coefficient (Wildman–Crippen LogP) is 3.04. The summed E-state index contributed by atoms with van der Waals surface area (Å²) in [5.74, 6) is -0.0803. The van der Waals surface area contributed by atoms with Gasteiger partial charge in [0.15, 0.2) is 11.0 Å². The van der Waals surface area contributed by atoms with Gasteiger partial charge in [-0.05, 0) is 73.8 Å². The molecule has 0 aliphatic heterocycles. The van der Waals surface area contributed by atoms with Crippen LogP contribution < -0.4 is 4.57 Å². The summed E-state index contributed by atoms with van der Waals surface area (Å²) in [6.07, 6.45) is 0. The normalized spacial score (nSPS) is 12.6. The molecule has 10 heteroatoms. The third-order valence-corrected chi connectivity index (χ3v) is 9.09. The van der Waals surface area contributed by atoms with Gasteiger partial charge in [0.2, 0.25) is 1.47 Å². The van der Waals surface area contributed by atoms with E-state index in [1.807, 2.05) is 13.8 Å². The molecule has 24 heavy (non-hydrogen) atoms. The predicted molar refractivity (Wildman–Crippen MR) is 103 cm³/mol. The zero-order chi connectivity index (χ0) is 18.3. The van der Waals surface area contributed by atoms with Crippen molar-refractivity contribution in [2.45, 2.75) is 20.5 Å². The van der Waals surface area contributed by atoms with E-state index in [4.69, 9.17) is 0 Å². The van der Waals surface area contributed by atoms with Gasteiger partial charge < -0.3 is 4.90 Å². The molecule has 0 aliphatic rings. The second-order valence-electron chi connectivity index (χ2n) is 5.15. The van der Waals surface area contributed by atoms with Crippen LogP contribution in [0, 0.1) is 0 Å². The standard InChI is InChI=1S/C14H16Br3N3O3S/c1-4-20(5-2)12(21)9-6-7-10-11(8-9)19(3)13(18-10)24(22,23)14(15,16)17/h6-8H,4-5H2,1-3H3/p+1. The van der Waals surface area contributed by atoms with Crippen molar-refractivity contribution in [3.8, 4) is 0 Å². The van der Waals surface area contributed by atoms with E-state index in [9.17, 15) is 13.2 Å². The number of hydrogen-bond acceptors (Lipinski definition) is 3. The Balaban J connectivity index is 2.60. The van der Waals surface area contributed by atoms with Crippen molar-refractivity contribution in [2.24, 2.45) is 7.05 Å². The van der Waals surface area contributed by atoms with Crippen LogP contribution in [-0.4, -0.2) is 38.8 Å². The topological polar surface area (TPSA) is 74.1 Å². The number of H-pyrrole nitrogens is 1. The number of rotatable bonds is 4. The summed E-state index contributed by atoms with van der Waals surface area (Å²) in [7, 11) is -2.13. The summed E-state index contributed by atoms with van der Waals surface area (Å²) in [6, 6.07) is 5.10. The van der Waals surface area contributed by atoms with E-state index in [1.54, 1.807) is 30.1 Å². The molecule has 0 radical (unpaired) electrons. The number of nitrogens with one attached hydrogen (secondary N) is 1. The lowest BCUT2D eigenvalue weighted by atomic mass is 10.1. The zero-order valence-electron chi connectivity index (χ0n) is 13.3. The number of imidazole rings is 1. The molecule has 0 bridgehead atoms. The number of aryl methyl sites for hydroxylation is 1. The Morgan fingerprint density at radius 3 is 2.33 bits per heavy atom. The molecule has 0 fully saturated rings. The molecule has 0 spiro atoms. The summed E-state index contributed by atoms with van der Waals surface area (Å²) in [5.41, 5.74) is 1.78. The van der Waals surface area contributed by atoms with Crippen LogP contribution in [0.3, 0.4) is 0 Å². The van der Waals surface area contributed by atoms with Gasteiger partial charge in [-0.2, -0.15) is 0 Å². The molecule has 2 aromatic rings. The molecule has 1 heterocycles. The number of carbonyl (C=O) groups is 1. The van der Waals surface area contributed by atoms with Crippen LogP contribution in [0.15, 0.2) is 23.4 Å². The number of amides is 1. The molecule has 0 saturated heterocycles. The van der Waals surface area contributed by atoms with Gasteiger partial charge in [-0.15, -0.1) is 0 Å². The molecule has 0 aliphatic carbocycles. The summed E-state index contributed by atoms with van der Waals surface area (Å²) >= 11 is 9.16. The number of benzene rings is 1. The van der Waals surface area contributed by atoms with Crippen molar-refractivity contribution in [1.29, 1.82) is 0 Å². The van der Waals surface area contributed by atoms with Gasteiger partial charge in [-0.3, -0.25) is 4.79 Å². The molecule has 0 atom stereocenters. The first-order valence-electron chi connectivity index (χ1n) is 7.17. The van der Waals surface area contributed by atoms with Crippen molar-refractivity contribution in [1.82, 2.24) is 9.88 Å². The Morgan fingerprint density at radius 1 is 1.25 bits per heavy atom. The molecule has 1 aromatic carbocycles. The zero-order valence-corrected chi connectivity index (χ0v) is 18.9. The lowest BCUT2D eigenvalue weighted by Crippen LogP contribution is -2.37. The van der Waals surface area contributed by atoms with Crippen molar-refractivity contribution in [3.63, 3.8) is 0 Å². The second-order valence-corrected chi connectivity index (χ2v) is 15.5. The fourth-order valence-electron chi connectivity index (χ4n) is 2.41. The minimum absolute atomic E-state index is 0.00978. The van der Waals surface area contributed by atoms with E-state index in [2.05, 4.69) is 52.8 Å². The third-order valence-electron chi connectivity index (χ3n) is 3.76. The smallest absolute Gasteiger partial charge is 0.339 e. The Labute approximate surface area is 165 Å². The van der Waals surface area contributed by atoms with E-state index in [-0.39, 0.29) is 11.1 Å². The number of hydrogen-bond donors (Lipinski definition) is 1. The highest BCUT2D eigenvalue weighted by Gasteiger charge is 2.45. The van der Waals surface area contributed by atoms with Gasteiger partial charge in [0.05, 0.1) is 7.05 Å². The largest absolute Gasteiger partial charge is 0.377 e. The fourth-order valence-corrected chi connectivity index (χ4v) is 4.71. The molecule has 6 nitrogen and oxygen atoms in total. The van der Waals surface area contributed by atoms with Gasteiger partial charge in [0.25, 0.3) is 15.7 Å². The lowest BCUT2D eigenvalue weighted by molar-refractivity contribution is -0.684. The van der Waals surface area contributed by atoms with E-state index >= 15 is 0 Å². The van der Waals surface area contributed by atoms with Gasteiger partial charge >= 0.3 is 5.16 Å². The minimum Gasteiger partial charge on any atom is -0.339 e. The molecule has 0 unspecified atom stereocenters. The van der Waals surface area contributed by atoms with Crippen molar-refractivity contribution < 1.29 is 17.8 Å². The van der Waals surface area contributed by atoms with E-state index in [0.717, 1.165) is 0 Å². The molecular weight excluding hydrogens is 530 g/mol. The van der Waals surface area contributed by atoms with Crippen LogP contribution in [0.4, 0.5) is 0 Å². The van der Waals surface area contributed by atoms with Crippen LogP contribution in [0.2, 0.25) is 0 Å². The number of halogens is 3. The van der Waals surface area contributed by atoms with Gasteiger partial charge in [-0.25, -0.2) is 18.0 Å². The molecule has 132 valence electrons. The van der Waals surface area contributed by atoms with Crippen molar-refractivity contribution >= 4 is 74.6 Å². The van der Waals surface area contributed by atoms with Crippen LogP contribution in [0.5, 0.6) is 0 Å². The Kier molecular flexibility index (Phi) is 5.83. The number of aromatic amines is 1. The molecule has 1 N–H and O–H groups in total. The van der Waals surface area contributed by atoms with Gasteiger partial charge in [0.1, 0.15) is 0 Å². The maximum Gasteiger partial charge on any atom is 0.377 e. The quantitative estimate of drug-likeness (QED) is 0.473. The van der Waals surface area contributed by atoms with Crippen LogP contribution in [0.1, 0.15) is 24.2 Å². The first-order valence-corrected chi connectivity index (χ1v) is 11.0. The Hall–Kier alpha value is -0.450. The second kappa shape index (κ2) is 7.05. The number of alkyl halides is 3. The minimum atomic E-state index is -3.77. The lowest BCUT2D eigenvalue weighted by Gasteiger charge is -2.18. The fraction of sp³-hybridized carbons (Fsp3) is 0.429. The van der Waals surface area contributed by atoms with E-state index in [1.165, 1.54) is 4.57 Å². The van der Waals surface area contributed by atoms with Crippen LogP contribution >= 0.6 is 47.8 Å². The first-order chi connectivity index (χ1) is 11.0. The van der Waals surface area contributed by atoms with Crippen molar-refractivity contribution in [2.75, 3.05) is 13.1 Å². The average molecular weight is 547 g/mol. The van der Waals surface area contributed by atoms with Gasteiger partial charge in [-0.1, -0.05) is 0 Å². The average Bonchev–Trinajstić information content (AvgIpc) is 2.84. The molecule has 1 amide bonds. The number of carbonyl (C=O) groups excluding carboxylic acids is 1. The summed E-state index contributed by atoms with van der Waals surface area (Å²) < 4.78 is 25.2. The van der Waals surface area contributed by atoms with Crippen LogP contribution in [0.25, 0.3) is 11.0 Å². The van der Waals surface area contributed by atoms with Crippen LogP contribution in [-0.2, 0) is 16.9 Å². The monoisotopic (exact) mass is 544 g/mol. The number of aromatic nitrogens is 2. The molecular formula is C14H17Br3N3O3S+. The Morgan fingerprint density at radius 2 is 1.83 bits per heavy atom. The van der Waals surface area contributed by atoms with E-state index in [0.29, 0.717) is 29.7 Å². The van der Waals surface area contributed by atoms with E-state index < -0.39 is 11.3 Å². The summed E-state index contributed by atoms with van der Waals surface area (Å²) in [5, 5.41) is 0.00978. The third kappa shape index (κ3) is 3.42. The number of fused-ring (bicyclic) bond motifs is 1. The highest BCUT2D eigenvalue weighted by molar-refractivity contribution is 9.42. The number of nitrogens with zero attached hydrogens (tertiary/aromatic N) is 2. The maximum atomic E-state index is 12.6. The molecule has 1 aromatic heterocycles. The SMILES string of the molecule is CCN(CC)C(=O)c1ccc2[nH]c(S(=O)(=O)C(Br)(Br)Br)[n+](C)c2c1. The van der Waals surface area contributed by atoms with Gasteiger partial charge in [0, 0.05) is 24.7 Å². The Bertz CT molecular complexity index is 884. The molecule has 2 rings (SSSR count).